The fourth-order valence-electron chi connectivity index (χ4n) is 3.08. The van der Waals surface area contributed by atoms with E-state index < -0.39 is 0 Å². The Morgan fingerprint density at radius 1 is 1.00 bits per heavy atom. The third kappa shape index (κ3) is 5.99. The maximum Gasteiger partial charge on any atom is 0.253 e. The van der Waals surface area contributed by atoms with Gasteiger partial charge in [0.05, 0.1) is 11.4 Å². The van der Waals surface area contributed by atoms with E-state index in [2.05, 4.69) is 27.5 Å². The van der Waals surface area contributed by atoms with E-state index in [-0.39, 0.29) is 5.91 Å². The van der Waals surface area contributed by atoms with E-state index in [0.717, 1.165) is 24.4 Å². The van der Waals surface area contributed by atoms with Crippen molar-refractivity contribution in [1.82, 2.24) is 19.8 Å². The normalized spacial score (nSPS) is 17.1. The van der Waals surface area contributed by atoms with Gasteiger partial charge in [0.2, 0.25) is 0 Å². The minimum absolute atomic E-state index is 0.00410. The van der Waals surface area contributed by atoms with Crippen LogP contribution in [0.3, 0.4) is 0 Å². The third-order valence-corrected chi connectivity index (χ3v) is 4.58. The highest BCUT2D eigenvalue weighted by atomic mass is 16.2. The van der Waals surface area contributed by atoms with Crippen molar-refractivity contribution < 1.29 is 4.79 Å². The number of carbonyl (C=O) groups excluding carboxylic acids is 1. The zero-order chi connectivity index (χ0) is 19.6. The quantitative estimate of drug-likeness (QED) is 0.697. The van der Waals surface area contributed by atoms with Crippen LogP contribution in [0.4, 0.5) is 0 Å². The molecule has 1 aliphatic heterocycles. The van der Waals surface area contributed by atoms with E-state index in [4.69, 9.17) is 0 Å². The molecule has 1 amide bonds. The molecule has 144 valence electrons. The second-order valence-electron chi connectivity index (χ2n) is 6.75. The number of hydrogen-bond donors (Lipinski definition) is 0. The Balaban J connectivity index is 1.69. The zero-order valence-corrected chi connectivity index (χ0v) is 16.1. The molecule has 0 radical (unpaired) electrons. The molecule has 0 fully saturated rings. The maximum absolute atomic E-state index is 12.7. The van der Waals surface area contributed by atoms with Crippen LogP contribution in [0.1, 0.15) is 17.8 Å². The zero-order valence-electron chi connectivity index (χ0n) is 16.1. The highest BCUT2D eigenvalue weighted by Gasteiger charge is 2.17. The molecule has 0 bridgehead atoms. The van der Waals surface area contributed by atoms with Crippen molar-refractivity contribution >= 4 is 5.91 Å². The van der Waals surface area contributed by atoms with Gasteiger partial charge in [0.25, 0.3) is 5.91 Å². The van der Waals surface area contributed by atoms with Gasteiger partial charge in [-0.3, -0.25) is 19.7 Å². The molecule has 0 N–H and O–H groups in total. The highest BCUT2D eigenvalue weighted by Crippen LogP contribution is 2.10. The molecule has 3 heterocycles. The Kier molecular flexibility index (Phi) is 7.27. The van der Waals surface area contributed by atoms with E-state index >= 15 is 0 Å². The van der Waals surface area contributed by atoms with Gasteiger partial charge < -0.3 is 4.90 Å². The van der Waals surface area contributed by atoms with E-state index in [1.54, 1.807) is 6.08 Å². The van der Waals surface area contributed by atoms with Crippen LogP contribution in [0, 0.1) is 0 Å². The Morgan fingerprint density at radius 2 is 1.68 bits per heavy atom. The Hall–Kier alpha value is -3.05. The second-order valence-corrected chi connectivity index (χ2v) is 6.75. The molecule has 0 saturated heterocycles. The van der Waals surface area contributed by atoms with Crippen molar-refractivity contribution in [3.63, 3.8) is 0 Å². The van der Waals surface area contributed by atoms with Crippen LogP contribution in [0.2, 0.25) is 0 Å². The van der Waals surface area contributed by atoms with E-state index in [9.17, 15) is 4.79 Å². The van der Waals surface area contributed by atoms with E-state index in [1.165, 1.54) is 0 Å². The molecule has 3 rings (SSSR count). The van der Waals surface area contributed by atoms with Gasteiger partial charge in [-0.1, -0.05) is 43.0 Å². The number of pyridine rings is 2. The summed E-state index contributed by atoms with van der Waals surface area (Å²) >= 11 is 0. The summed E-state index contributed by atoms with van der Waals surface area (Å²) < 4.78 is 0. The molecule has 0 unspecified atom stereocenters. The van der Waals surface area contributed by atoms with E-state index in [0.29, 0.717) is 31.8 Å². The Morgan fingerprint density at radius 3 is 2.29 bits per heavy atom. The monoisotopic (exact) mass is 374 g/mol. The largest absolute Gasteiger partial charge is 0.337 e. The molecule has 2 aromatic rings. The minimum Gasteiger partial charge on any atom is -0.337 e. The van der Waals surface area contributed by atoms with Crippen molar-refractivity contribution in [3.8, 4) is 0 Å². The van der Waals surface area contributed by atoms with E-state index in [1.807, 2.05) is 65.8 Å². The van der Waals surface area contributed by atoms with Gasteiger partial charge in [-0.15, -0.1) is 0 Å². The van der Waals surface area contributed by atoms with Crippen LogP contribution in [0.25, 0.3) is 0 Å². The lowest BCUT2D eigenvalue weighted by atomic mass is 10.2. The fraction of sp³-hybridized carbons (Fsp3) is 0.261. The number of amides is 1. The van der Waals surface area contributed by atoms with Crippen LogP contribution in [-0.4, -0.2) is 45.3 Å². The van der Waals surface area contributed by atoms with Crippen molar-refractivity contribution in [2.24, 2.45) is 0 Å². The average molecular weight is 374 g/mol. The van der Waals surface area contributed by atoms with Crippen molar-refractivity contribution in [1.29, 1.82) is 0 Å². The maximum atomic E-state index is 12.7. The first-order valence-electron chi connectivity index (χ1n) is 9.56. The first-order chi connectivity index (χ1) is 13.7. The summed E-state index contributed by atoms with van der Waals surface area (Å²) in [5.41, 5.74) is 2.53. The summed E-state index contributed by atoms with van der Waals surface area (Å²) in [5.74, 6) is -0.00410. The third-order valence-electron chi connectivity index (χ3n) is 4.58. The molecule has 1 aliphatic rings. The molecule has 0 atom stereocenters. The summed E-state index contributed by atoms with van der Waals surface area (Å²) in [4.78, 5) is 25.7. The number of hydrogen-bond acceptors (Lipinski definition) is 4. The van der Waals surface area contributed by atoms with Crippen LogP contribution in [-0.2, 0) is 17.9 Å². The predicted octanol–water partition coefficient (Wildman–Crippen LogP) is 3.38. The summed E-state index contributed by atoms with van der Waals surface area (Å²) in [7, 11) is 0. The molecule has 0 saturated carbocycles. The standard InChI is InChI=1S/C23H26N4O/c1-20-10-4-2-3-9-15-27(23(20)28)17-16-26(18-21-11-5-7-13-24-21)19-22-12-6-8-14-25-22/h2-8,10-14H,1,9,15-19H2/b3-2-,10-4-. The average Bonchev–Trinajstić information content (AvgIpc) is 2.80. The first-order valence-corrected chi connectivity index (χ1v) is 9.56. The number of carbonyl (C=O) groups is 1. The van der Waals surface area contributed by atoms with Gasteiger partial charge in [0.1, 0.15) is 0 Å². The summed E-state index contributed by atoms with van der Waals surface area (Å²) in [5, 5.41) is 0. The van der Waals surface area contributed by atoms with Crippen molar-refractivity contribution in [2.75, 3.05) is 19.6 Å². The molecular formula is C23H26N4O. The SMILES string of the molecule is C=C1/C=C\C=C/CCN(CCN(Cc2ccccn2)Cc2ccccn2)C1=O. The van der Waals surface area contributed by atoms with Crippen LogP contribution in [0.15, 0.2) is 85.2 Å². The predicted molar refractivity (Wildman–Crippen MR) is 111 cm³/mol. The smallest absolute Gasteiger partial charge is 0.253 e. The number of nitrogens with zero attached hydrogens (tertiary/aromatic N) is 4. The summed E-state index contributed by atoms with van der Waals surface area (Å²) in [6, 6.07) is 11.9. The lowest BCUT2D eigenvalue weighted by Gasteiger charge is -2.27. The Bertz CT molecular complexity index is 789. The van der Waals surface area contributed by atoms with Gasteiger partial charge in [0.15, 0.2) is 0 Å². The van der Waals surface area contributed by atoms with Gasteiger partial charge in [-0.2, -0.15) is 0 Å². The molecule has 5 heteroatoms. The summed E-state index contributed by atoms with van der Waals surface area (Å²) in [6.07, 6.45) is 12.1. The topological polar surface area (TPSA) is 49.3 Å². The van der Waals surface area contributed by atoms with Crippen LogP contribution < -0.4 is 0 Å². The molecule has 0 aromatic carbocycles. The van der Waals surface area contributed by atoms with Gasteiger partial charge in [-0.05, 0) is 30.7 Å². The fourth-order valence-corrected chi connectivity index (χ4v) is 3.08. The number of aromatic nitrogens is 2. The van der Waals surface area contributed by atoms with Crippen molar-refractivity contribution in [3.05, 3.63) is 96.6 Å². The highest BCUT2D eigenvalue weighted by molar-refractivity contribution is 5.95. The lowest BCUT2D eigenvalue weighted by molar-refractivity contribution is -0.127. The van der Waals surface area contributed by atoms with Gasteiger partial charge >= 0.3 is 0 Å². The lowest BCUT2D eigenvalue weighted by Crippen LogP contribution is -2.39. The summed E-state index contributed by atoms with van der Waals surface area (Å²) in [6.45, 7) is 7.39. The number of allylic oxidation sites excluding steroid dienone is 2. The molecular weight excluding hydrogens is 348 g/mol. The second kappa shape index (κ2) is 10.3. The van der Waals surface area contributed by atoms with Gasteiger partial charge in [0, 0.05) is 50.7 Å². The molecule has 28 heavy (non-hydrogen) atoms. The molecule has 0 spiro atoms. The van der Waals surface area contributed by atoms with Crippen molar-refractivity contribution in [2.45, 2.75) is 19.5 Å². The minimum atomic E-state index is -0.00410. The Labute approximate surface area is 166 Å². The van der Waals surface area contributed by atoms with Gasteiger partial charge in [-0.25, -0.2) is 0 Å². The van der Waals surface area contributed by atoms with Crippen LogP contribution in [0.5, 0.6) is 0 Å². The number of rotatable bonds is 7. The molecule has 2 aromatic heterocycles. The molecule has 5 nitrogen and oxygen atoms in total. The van der Waals surface area contributed by atoms with Crippen LogP contribution >= 0.6 is 0 Å². The molecule has 0 aliphatic carbocycles. The first kappa shape index (κ1) is 19.7.